The third-order valence-electron chi connectivity index (χ3n) is 2.38. The average molecular weight is 243 g/mol. The molecule has 0 aliphatic rings. The summed E-state index contributed by atoms with van der Waals surface area (Å²) in [6.07, 6.45) is 0.620. The molecule has 0 unspecified atom stereocenters. The van der Waals surface area contributed by atoms with Crippen molar-refractivity contribution < 1.29 is 9.26 Å². The minimum absolute atomic E-state index is 0.429. The molecule has 1 heterocycles. The summed E-state index contributed by atoms with van der Waals surface area (Å²) in [7, 11) is 0. The maximum Gasteiger partial charge on any atom is 0.257 e. The van der Waals surface area contributed by atoms with Crippen molar-refractivity contribution in [3.05, 3.63) is 35.7 Å². The van der Waals surface area contributed by atoms with Crippen LogP contribution >= 0.6 is 0 Å². The third kappa shape index (κ3) is 2.93. The molecular weight excluding hydrogens is 230 g/mol. The third-order valence-corrected chi connectivity index (χ3v) is 2.38. The van der Waals surface area contributed by atoms with E-state index in [0.717, 1.165) is 5.56 Å². The van der Waals surface area contributed by atoms with Crippen molar-refractivity contribution in [1.82, 2.24) is 10.1 Å². The summed E-state index contributed by atoms with van der Waals surface area (Å²) >= 11 is 0. The number of benzene rings is 1. The first-order valence-electron chi connectivity index (χ1n) is 5.74. The maximum absolute atomic E-state index is 8.82. The molecule has 0 saturated carbocycles. The molecular formula is C13H13N3O2. The molecule has 2 aromatic rings. The van der Waals surface area contributed by atoms with Crippen molar-refractivity contribution in [2.24, 2.45) is 0 Å². The second-order valence-corrected chi connectivity index (χ2v) is 3.66. The normalized spacial score (nSPS) is 10.2. The van der Waals surface area contributed by atoms with Gasteiger partial charge < -0.3 is 9.26 Å². The van der Waals surface area contributed by atoms with Gasteiger partial charge in [0, 0.05) is 18.6 Å². The van der Waals surface area contributed by atoms with Crippen molar-refractivity contribution in [2.75, 3.05) is 13.2 Å². The van der Waals surface area contributed by atoms with Gasteiger partial charge in [0.05, 0.1) is 18.2 Å². The molecule has 0 saturated heterocycles. The molecule has 0 spiro atoms. The summed E-state index contributed by atoms with van der Waals surface area (Å²) in [5.41, 5.74) is 1.32. The summed E-state index contributed by atoms with van der Waals surface area (Å²) in [6, 6.07) is 9.15. The zero-order chi connectivity index (χ0) is 12.8. The van der Waals surface area contributed by atoms with Crippen LogP contribution in [0.1, 0.15) is 18.3 Å². The fourth-order valence-corrected chi connectivity index (χ4v) is 1.50. The first-order valence-corrected chi connectivity index (χ1v) is 5.74. The van der Waals surface area contributed by atoms with Crippen molar-refractivity contribution in [1.29, 1.82) is 5.26 Å². The van der Waals surface area contributed by atoms with Crippen LogP contribution in [-0.4, -0.2) is 23.4 Å². The van der Waals surface area contributed by atoms with Gasteiger partial charge in [0.1, 0.15) is 0 Å². The van der Waals surface area contributed by atoms with Gasteiger partial charge in [-0.05, 0) is 25.1 Å². The minimum atomic E-state index is 0.429. The lowest BCUT2D eigenvalue weighted by Crippen LogP contribution is -1.99. The standard InChI is InChI=1S/C13H13N3O2/c1-2-17-7-6-12-15-13(18-16-12)11-5-3-4-10(8-11)9-14/h3-5,8H,2,6-7H2,1H3. The average Bonchev–Trinajstić information content (AvgIpc) is 2.88. The number of hydrogen-bond donors (Lipinski definition) is 0. The van der Waals surface area contributed by atoms with Gasteiger partial charge in [0.25, 0.3) is 5.89 Å². The predicted molar refractivity (Wildman–Crippen MR) is 64.6 cm³/mol. The number of nitriles is 1. The summed E-state index contributed by atoms with van der Waals surface area (Å²) in [4.78, 5) is 4.26. The fourth-order valence-electron chi connectivity index (χ4n) is 1.50. The van der Waals surface area contributed by atoms with E-state index in [1.54, 1.807) is 18.2 Å². The largest absolute Gasteiger partial charge is 0.381 e. The van der Waals surface area contributed by atoms with Crippen LogP contribution in [0, 0.1) is 11.3 Å². The van der Waals surface area contributed by atoms with E-state index in [1.165, 1.54) is 0 Å². The van der Waals surface area contributed by atoms with Crippen LogP contribution < -0.4 is 0 Å². The monoisotopic (exact) mass is 243 g/mol. The highest BCUT2D eigenvalue weighted by Crippen LogP contribution is 2.18. The van der Waals surface area contributed by atoms with Crippen molar-refractivity contribution >= 4 is 0 Å². The van der Waals surface area contributed by atoms with E-state index in [9.17, 15) is 0 Å². The van der Waals surface area contributed by atoms with Gasteiger partial charge in [-0.3, -0.25) is 0 Å². The molecule has 0 atom stereocenters. The van der Waals surface area contributed by atoms with Crippen LogP contribution in [0.4, 0.5) is 0 Å². The molecule has 0 fully saturated rings. The topological polar surface area (TPSA) is 71.9 Å². The van der Waals surface area contributed by atoms with Gasteiger partial charge in [-0.15, -0.1) is 0 Å². The van der Waals surface area contributed by atoms with Crippen molar-refractivity contribution in [2.45, 2.75) is 13.3 Å². The molecule has 0 radical (unpaired) electrons. The molecule has 1 aromatic heterocycles. The lowest BCUT2D eigenvalue weighted by atomic mass is 10.1. The lowest BCUT2D eigenvalue weighted by Gasteiger charge is -1.95. The second kappa shape index (κ2) is 5.94. The van der Waals surface area contributed by atoms with Gasteiger partial charge in [0.15, 0.2) is 5.82 Å². The molecule has 0 bridgehead atoms. The number of rotatable bonds is 5. The Hall–Kier alpha value is -2.19. The Morgan fingerprint density at radius 2 is 2.33 bits per heavy atom. The maximum atomic E-state index is 8.82. The van der Waals surface area contributed by atoms with E-state index in [4.69, 9.17) is 14.5 Å². The molecule has 2 rings (SSSR count). The highest BCUT2D eigenvalue weighted by molar-refractivity contribution is 5.55. The Balaban J connectivity index is 2.11. The molecule has 0 aliphatic carbocycles. The smallest absolute Gasteiger partial charge is 0.257 e. The van der Waals surface area contributed by atoms with Crippen molar-refractivity contribution in [3.8, 4) is 17.5 Å². The lowest BCUT2D eigenvalue weighted by molar-refractivity contribution is 0.149. The Morgan fingerprint density at radius 3 is 3.11 bits per heavy atom. The summed E-state index contributed by atoms with van der Waals surface area (Å²) in [5.74, 6) is 1.04. The van der Waals surface area contributed by atoms with Crippen LogP contribution in [0.5, 0.6) is 0 Å². The van der Waals surface area contributed by atoms with Crippen LogP contribution in [0.3, 0.4) is 0 Å². The number of nitrogens with zero attached hydrogens (tertiary/aromatic N) is 3. The first-order chi connectivity index (χ1) is 8.83. The molecule has 5 nitrogen and oxygen atoms in total. The number of hydrogen-bond acceptors (Lipinski definition) is 5. The van der Waals surface area contributed by atoms with E-state index < -0.39 is 0 Å². The Morgan fingerprint density at radius 1 is 1.44 bits per heavy atom. The number of aromatic nitrogens is 2. The molecule has 1 aromatic carbocycles. The fraction of sp³-hybridized carbons (Fsp3) is 0.308. The molecule has 0 N–H and O–H groups in total. The quantitative estimate of drug-likeness (QED) is 0.752. The van der Waals surface area contributed by atoms with Crippen LogP contribution in [-0.2, 0) is 11.2 Å². The summed E-state index contributed by atoms with van der Waals surface area (Å²) < 4.78 is 10.4. The molecule has 5 heteroatoms. The van der Waals surface area contributed by atoms with E-state index >= 15 is 0 Å². The van der Waals surface area contributed by atoms with E-state index in [0.29, 0.717) is 36.9 Å². The van der Waals surface area contributed by atoms with Crippen LogP contribution in [0.15, 0.2) is 28.8 Å². The molecule has 92 valence electrons. The Labute approximate surface area is 105 Å². The zero-order valence-corrected chi connectivity index (χ0v) is 10.1. The van der Waals surface area contributed by atoms with Gasteiger partial charge >= 0.3 is 0 Å². The predicted octanol–water partition coefficient (Wildman–Crippen LogP) is 2.19. The zero-order valence-electron chi connectivity index (χ0n) is 10.1. The van der Waals surface area contributed by atoms with Gasteiger partial charge in [-0.2, -0.15) is 10.2 Å². The van der Waals surface area contributed by atoms with Gasteiger partial charge in [-0.1, -0.05) is 11.2 Å². The highest BCUT2D eigenvalue weighted by atomic mass is 16.5. The van der Waals surface area contributed by atoms with E-state index in [1.807, 2.05) is 13.0 Å². The SMILES string of the molecule is CCOCCc1noc(-c2cccc(C#N)c2)n1. The van der Waals surface area contributed by atoms with Crippen LogP contribution in [0.2, 0.25) is 0 Å². The van der Waals surface area contributed by atoms with E-state index in [2.05, 4.69) is 16.2 Å². The first kappa shape index (κ1) is 12.3. The summed E-state index contributed by atoms with van der Waals surface area (Å²) in [5, 5.41) is 12.7. The Bertz CT molecular complexity index is 557. The molecule has 0 aliphatic heterocycles. The summed E-state index contributed by atoms with van der Waals surface area (Å²) in [6.45, 7) is 3.19. The number of ether oxygens (including phenoxy) is 1. The molecule has 0 amide bonds. The van der Waals surface area contributed by atoms with Gasteiger partial charge in [0.2, 0.25) is 0 Å². The van der Waals surface area contributed by atoms with E-state index in [-0.39, 0.29) is 0 Å². The second-order valence-electron chi connectivity index (χ2n) is 3.66. The van der Waals surface area contributed by atoms with Gasteiger partial charge in [-0.25, -0.2) is 0 Å². The van der Waals surface area contributed by atoms with Crippen LogP contribution in [0.25, 0.3) is 11.5 Å². The minimum Gasteiger partial charge on any atom is -0.381 e. The highest BCUT2D eigenvalue weighted by Gasteiger charge is 2.09. The van der Waals surface area contributed by atoms with Crippen molar-refractivity contribution in [3.63, 3.8) is 0 Å². The Kier molecular flexibility index (Phi) is 4.05. The molecule has 18 heavy (non-hydrogen) atoms.